The standard InChI is InChI=1S/C20H24FN3/c21-18-9-5-4-8-16(18)13-24-11-10-19-17(14-24)12-22-20(23-19)15-6-2-1-3-7-15/h4-5,8-9,12,15H,1-3,6-7,10-11,13-14H2. The molecule has 4 heteroatoms. The fraction of sp³-hybridized carbons (Fsp3) is 0.500. The van der Waals surface area contributed by atoms with Crippen molar-refractivity contribution in [2.24, 2.45) is 0 Å². The average Bonchev–Trinajstić information content (AvgIpc) is 2.64. The molecule has 0 N–H and O–H groups in total. The zero-order valence-electron chi connectivity index (χ0n) is 14.0. The van der Waals surface area contributed by atoms with E-state index in [2.05, 4.69) is 9.88 Å². The quantitative estimate of drug-likeness (QED) is 0.846. The van der Waals surface area contributed by atoms with Gasteiger partial charge in [-0.05, 0) is 18.9 Å². The maximum atomic E-state index is 13.8. The zero-order chi connectivity index (χ0) is 16.4. The molecule has 0 amide bonds. The van der Waals surface area contributed by atoms with E-state index in [9.17, 15) is 4.39 Å². The first-order valence-electron chi connectivity index (χ1n) is 9.10. The highest BCUT2D eigenvalue weighted by atomic mass is 19.1. The van der Waals surface area contributed by atoms with Crippen LogP contribution in [0, 0.1) is 5.82 Å². The first-order chi connectivity index (χ1) is 11.8. The third-order valence-corrected chi connectivity index (χ3v) is 5.35. The normalized spacial score (nSPS) is 19.2. The number of fused-ring (bicyclic) bond motifs is 1. The van der Waals surface area contributed by atoms with Crippen molar-refractivity contribution in [1.82, 2.24) is 14.9 Å². The van der Waals surface area contributed by atoms with Crippen LogP contribution >= 0.6 is 0 Å². The molecule has 3 nitrogen and oxygen atoms in total. The van der Waals surface area contributed by atoms with Crippen LogP contribution in [0.15, 0.2) is 30.5 Å². The molecule has 126 valence electrons. The fourth-order valence-corrected chi connectivity index (χ4v) is 3.95. The zero-order valence-corrected chi connectivity index (χ0v) is 14.0. The Balaban J connectivity index is 1.46. The van der Waals surface area contributed by atoms with Crippen LogP contribution in [0.5, 0.6) is 0 Å². The molecule has 0 saturated heterocycles. The van der Waals surface area contributed by atoms with Crippen LogP contribution < -0.4 is 0 Å². The molecule has 0 bridgehead atoms. The van der Waals surface area contributed by atoms with Gasteiger partial charge < -0.3 is 0 Å². The minimum Gasteiger partial charge on any atom is -0.294 e. The summed E-state index contributed by atoms with van der Waals surface area (Å²) >= 11 is 0. The lowest BCUT2D eigenvalue weighted by atomic mass is 9.88. The van der Waals surface area contributed by atoms with Crippen LogP contribution in [0.2, 0.25) is 0 Å². The summed E-state index contributed by atoms with van der Waals surface area (Å²) in [6.45, 7) is 2.40. The summed E-state index contributed by atoms with van der Waals surface area (Å²) in [4.78, 5) is 11.8. The van der Waals surface area contributed by atoms with Gasteiger partial charge in [0, 0.05) is 55.0 Å². The Hall–Kier alpha value is -1.81. The van der Waals surface area contributed by atoms with E-state index < -0.39 is 0 Å². The fourth-order valence-electron chi connectivity index (χ4n) is 3.95. The number of hydrogen-bond acceptors (Lipinski definition) is 3. The molecule has 0 atom stereocenters. The summed E-state index contributed by atoms with van der Waals surface area (Å²) in [7, 11) is 0. The molecule has 4 rings (SSSR count). The lowest BCUT2D eigenvalue weighted by Gasteiger charge is -2.29. The third-order valence-electron chi connectivity index (χ3n) is 5.35. The highest BCUT2D eigenvalue weighted by Gasteiger charge is 2.23. The molecule has 1 aliphatic carbocycles. The highest BCUT2D eigenvalue weighted by molar-refractivity contribution is 5.23. The van der Waals surface area contributed by atoms with Crippen LogP contribution in [0.25, 0.3) is 0 Å². The van der Waals surface area contributed by atoms with Crippen molar-refractivity contribution in [3.8, 4) is 0 Å². The van der Waals surface area contributed by atoms with Gasteiger partial charge >= 0.3 is 0 Å². The second kappa shape index (κ2) is 6.98. The van der Waals surface area contributed by atoms with E-state index in [-0.39, 0.29) is 5.82 Å². The summed E-state index contributed by atoms with van der Waals surface area (Å²) in [6, 6.07) is 7.04. The Bertz CT molecular complexity index is 710. The van der Waals surface area contributed by atoms with Gasteiger partial charge in [0.15, 0.2) is 0 Å². The molecular formula is C20H24FN3. The van der Waals surface area contributed by atoms with E-state index in [0.29, 0.717) is 12.5 Å². The lowest BCUT2D eigenvalue weighted by Crippen LogP contribution is -2.31. The average molecular weight is 325 g/mol. The van der Waals surface area contributed by atoms with Crippen LogP contribution in [0.4, 0.5) is 4.39 Å². The molecule has 0 unspecified atom stereocenters. The van der Waals surface area contributed by atoms with E-state index in [1.165, 1.54) is 49.4 Å². The Morgan fingerprint density at radius 3 is 2.79 bits per heavy atom. The minimum atomic E-state index is -0.118. The number of nitrogens with zero attached hydrogens (tertiary/aromatic N) is 3. The van der Waals surface area contributed by atoms with Gasteiger partial charge in [0.25, 0.3) is 0 Å². The summed E-state index contributed by atoms with van der Waals surface area (Å²) in [5, 5.41) is 0. The smallest absolute Gasteiger partial charge is 0.131 e. The second-order valence-corrected chi connectivity index (χ2v) is 7.09. The van der Waals surface area contributed by atoms with Crippen LogP contribution in [0.3, 0.4) is 0 Å². The van der Waals surface area contributed by atoms with Crippen LogP contribution in [-0.2, 0) is 19.5 Å². The number of benzene rings is 1. The summed E-state index contributed by atoms with van der Waals surface area (Å²) < 4.78 is 13.8. The van der Waals surface area contributed by atoms with Gasteiger partial charge in [-0.2, -0.15) is 0 Å². The Labute approximate surface area is 142 Å². The Kier molecular flexibility index (Phi) is 4.56. The van der Waals surface area contributed by atoms with Crippen molar-refractivity contribution < 1.29 is 4.39 Å². The van der Waals surface area contributed by atoms with Crippen LogP contribution in [0.1, 0.15) is 60.7 Å². The molecule has 1 aromatic carbocycles. The minimum absolute atomic E-state index is 0.118. The predicted octanol–water partition coefficient (Wildman–Crippen LogP) is 4.22. The van der Waals surface area contributed by atoms with Crippen molar-refractivity contribution in [3.05, 3.63) is 58.9 Å². The summed E-state index contributed by atoms with van der Waals surface area (Å²) in [5.74, 6) is 1.49. The van der Waals surface area contributed by atoms with E-state index >= 15 is 0 Å². The molecule has 0 radical (unpaired) electrons. The second-order valence-electron chi connectivity index (χ2n) is 7.09. The maximum absolute atomic E-state index is 13.8. The molecule has 1 aliphatic heterocycles. The number of hydrogen-bond donors (Lipinski definition) is 0. The maximum Gasteiger partial charge on any atom is 0.131 e. The molecule has 24 heavy (non-hydrogen) atoms. The monoisotopic (exact) mass is 325 g/mol. The lowest BCUT2D eigenvalue weighted by molar-refractivity contribution is 0.239. The Morgan fingerprint density at radius 2 is 1.96 bits per heavy atom. The first-order valence-corrected chi connectivity index (χ1v) is 9.10. The van der Waals surface area contributed by atoms with Crippen molar-refractivity contribution in [2.45, 2.75) is 57.5 Å². The van der Waals surface area contributed by atoms with Crippen molar-refractivity contribution in [2.75, 3.05) is 6.54 Å². The van der Waals surface area contributed by atoms with Gasteiger partial charge in [0.1, 0.15) is 11.6 Å². The van der Waals surface area contributed by atoms with Gasteiger partial charge in [-0.25, -0.2) is 14.4 Å². The molecule has 2 aliphatic rings. The van der Waals surface area contributed by atoms with Gasteiger partial charge in [-0.15, -0.1) is 0 Å². The number of aromatic nitrogens is 2. The van der Waals surface area contributed by atoms with E-state index in [1.54, 1.807) is 6.07 Å². The molecule has 1 aromatic heterocycles. The highest BCUT2D eigenvalue weighted by Crippen LogP contribution is 2.31. The molecule has 2 heterocycles. The Morgan fingerprint density at radius 1 is 1.12 bits per heavy atom. The predicted molar refractivity (Wildman–Crippen MR) is 92.1 cm³/mol. The molecule has 1 saturated carbocycles. The first kappa shape index (κ1) is 15.7. The van der Waals surface area contributed by atoms with Crippen molar-refractivity contribution in [3.63, 3.8) is 0 Å². The molecular weight excluding hydrogens is 301 g/mol. The largest absolute Gasteiger partial charge is 0.294 e. The van der Waals surface area contributed by atoms with Crippen LogP contribution in [-0.4, -0.2) is 21.4 Å². The van der Waals surface area contributed by atoms with Gasteiger partial charge in [0.05, 0.1) is 0 Å². The topological polar surface area (TPSA) is 29.0 Å². The summed E-state index contributed by atoms with van der Waals surface area (Å²) in [5.41, 5.74) is 3.17. The van der Waals surface area contributed by atoms with E-state index in [1.807, 2.05) is 18.3 Å². The van der Waals surface area contributed by atoms with E-state index in [0.717, 1.165) is 30.9 Å². The SMILES string of the molecule is Fc1ccccc1CN1CCc2nc(C3CCCCC3)ncc2C1. The number of rotatable bonds is 3. The van der Waals surface area contributed by atoms with Crippen molar-refractivity contribution >= 4 is 0 Å². The van der Waals surface area contributed by atoms with E-state index in [4.69, 9.17) is 4.98 Å². The van der Waals surface area contributed by atoms with Gasteiger partial charge in [-0.3, -0.25) is 4.90 Å². The van der Waals surface area contributed by atoms with Gasteiger partial charge in [-0.1, -0.05) is 37.5 Å². The molecule has 1 fully saturated rings. The van der Waals surface area contributed by atoms with Crippen molar-refractivity contribution in [1.29, 1.82) is 0 Å². The number of halogens is 1. The van der Waals surface area contributed by atoms with Gasteiger partial charge in [0.2, 0.25) is 0 Å². The third kappa shape index (κ3) is 3.34. The summed E-state index contributed by atoms with van der Waals surface area (Å²) in [6.07, 6.45) is 9.39. The molecule has 2 aromatic rings. The molecule has 0 spiro atoms.